The summed E-state index contributed by atoms with van der Waals surface area (Å²) in [5.74, 6) is -0.251. The van der Waals surface area contributed by atoms with Gasteiger partial charge in [0.25, 0.3) is 5.56 Å². The Morgan fingerprint density at radius 2 is 2.07 bits per heavy atom. The van der Waals surface area contributed by atoms with Gasteiger partial charge in [-0.25, -0.2) is 9.37 Å². The second-order valence-electron chi connectivity index (χ2n) is 6.77. The molecule has 1 aromatic heterocycles. The SMILES string of the molecule is CCCCN(CC(=O)Nc1ccc(F)cc1Cl)Cc1nc2ccccc2c(=O)[nH]1. The van der Waals surface area contributed by atoms with E-state index in [1.54, 1.807) is 18.2 Å². The van der Waals surface area contributed by atoms with Gasteiger partial charge in [-0.3, -0.25) is 14.5 Å². The number of aromatic nitrogens is 2. The number of halogens is 2. The second-order valence-corrected chi connectivity index (χ2v) is 7.17. The van der Waals surface area contributed by atoms with Gasteiger partial charge in [0, 0.05) is 0 Å². The number of nitrogens with zero attached hydrogens (tertiary/aromatic N) is 2. The Morgan fingerprint density at radius 3 is 2.83 bits per heavy atom. The molecule has 2 aromatic carbocycles. The third-order valence-electron chi connectivity index (χ3n) is 4.44. The molecule has 29 heavy (non-hydrogen) atoms. The van der Waals surface area contributed by atoms with E-state index in [2.05, 4.69) is 22.2 Å². The van der Waals surface area contributed by atoms with Crippen molar-refractivity contribution in [1.29, 1.82) is 0 Å². The highest BCUT2D eigenvalue weighted by atomic mass is 35.5. The highest BCUT2D eigenvalue weighted by Gasteiger charge is 2.15. The molecule has 0 unspecified atom stereocenters. The predicted molar refractivity (Wildman–Crippen MR) is 113 cm³/mol. The largest absolute Gasteiger partial charge is 0.324 e. The first-order valence-electron chi connectivity index (χ1n) is 9.41. The third-order valence-corrected chi connectivity index (χ3v) is 4.75. The molecule has 0 fully saturated rings. The minimum Gasteiger partial charge on any atom is -0.324 e. The van der Waals surface area contributed by atoms with Gasteiger partial charge in [0.1, 0.15) is 11.6 Å². The van der Waals surface area contributed by atoms with E-state index in [1.165, 1.54) is 12.1 Å². The zero-order valence-corrected chi connectivity index (χ0v) is 16.8. The van der Waals surface area contributed by atoms with Gasteiger partial charge in [0.2, 0.25) is 5.91 Å². The van der Waals surface area contributed by atoms with Crippen LogP contribution in [0.3, 0.4) is 0 Å². The lowest BCUT2D eigenvalue weighted by molar-refractivity contribution is -0.117. The molecule has 0 aliphatic heterocycles. The highest BCUT2D eigenvalue weighted by Crippen LogP contribution is 2.22. The van der Waals surface area contributed by atoms with Gasteiger partial charge >= 0.3 is 0 Å². The van der Waals surface area contributed by atoms with Gasteiger partial charge < -0.3 is 10.3 Å². The topological polar surface area (TPSA) is 78.1 Å². The summed E-state index contributed by atoms with van der Waals surface area (Å²) >= 11 is 5.98. The summed E-state index contributed by atoms with van der Waals surface area (Å²) in [4.78, 5) is 34.0. The van der Waals surface area contributed by atoms with Crippen molar-refractivity contribution < 1.29 is 9.18 Å². The molecule has 0 bridgehead atoms. The summed E-state index contributed by atoms with van der Waals surface area (Å²) < 4.78 is 13.2. The van der Waals surface area contributed by atoms with Gasteiger partial charge in [-0.05, 0) is 43.3 Å². The summed E-state index contributed by atoms with van der Waals surface area (Å²) in [7, 11) is 0. The van der Waals surface area contributed by atoms with Crippen molar-refractivity contribution in [2.24, 2.45) is 0 Å². The van der Waals surface area contributed by atoms with Crippen molar-refractivity contribution in [3.63, 3.8) is 0 Å². The van der Waals surface area contributed by atoms with E-state index in [4.69, 9.17) is 11.6 Å². The average Bonchev–Trinajstić information content (AvgIpc) is 2.68. The van der Waals surface area contributed by atoms with E-state index < -0.39 is 5.82 Å². The Balaban J connectivity index is 1.74. The number of benzene rings is 2. The van der Waals surface area contributed by atoms with Gasteiger partial charge in [-0.15, -0.1) is 0 Å². The molecule has 1 amide bonds. The van der Waals surface area contributed by atoms with E-state index in [1.807, 2.05) is 11.0 Å². The summed E-state index contributed by atoms with van der Waals surface area (Å²) in [6.07, 6.45) is 1.85. The zero-order chi connectivity index (χ0) is 20.8. The van der Waals surface area contributed by atoms with E-state index in [0.717, 1.165) is 18.9 Å². The molecule has 2 N–H and O–H groups in total. The van der Waals surface area contributed by atoms with Crippen molar-refractivity contribution in [3.8, 4) is 0 Å². The number of rotatable bonds is 8. The Morgan fingerprint density at radius 1 is 1.28 bits per heavy atom. The van der Waals surface area contributed by atoms with Crippen LogP contribution in [0.5, 0.6) is 0 Å². The first-order chi connectivity index (χ1) is 14.0. The smallest absolute Gasteiger partial charge is 0.258 e. The Kier molecular flexibility index (Phi) is 6.95. The maximum Gasteiger partial charge on any atom is 0.258 e. The molecule has 0 aliphatic carbocycles. The van der Waals surface area contributed by atoms with Crippen LogP contribution in [0.25, 0.3) is 10.9 Å². The molecule has 0 saturated carbocycles. The number of amides is 1. The van der Waals surface area contributed by atoms with Crippen LogP contribution in [0.2, 0.25) is 5.02 Å². The number of carbonyl (C=O) groups is 1. The Bertz CT molecular complexity index is 1070. The highest BCUT2D eigenvalue weighted by molar-refractivity contribution is 6.33. The fourth-order valence-corrected chi connectivity index (χ4v) is 3.22. The molecule has 0 saturated heterocycles. The minimum absolute atomic E-state index is 0.0875. The molecule has 1 heterocycles. The molecule has 3 rings (SSSR count). The number of carbonyl (C=O) groups excluding carboxylic acids is 1. The van der Waals surface area contributed by atoms with Gasteiger partial charge in [0.05, 0.1) is 34.7 Å². The van der Waals surface area contributed by atoms with Crippen molar-refractivity contribution in [2.45, 2.75) is 26.3 Å². The van der Waals surface area contributed by atoms with Crippen molar-refractivity contribution in [1.82, 2.24) is 14.9 Å². The fraction of sp³-hybridized carbons (Fsp3) is 0.286. The number of nitrogens with one attached hydrogen (secondary N) is 2. The molecule has 3 aromatic rings. The summed E-state index contributed by atoms with van der Waals surface area (Å²) in [6.45, 7) is 3.14. The fourth-order valence-electron chi connectivity index (χ4n) is 3.00. The number of hydrogen-bond acceptors (Lipinski definition) is 4. The van der Waals surface area contributed by atoms with Crippen LogP contribution < -0.4 is 10.9 Å². The molecule has 0 atom stereocenters. The average molecular weight is 417 g/mol. The molecule has 152 valence electrons. The molecule has 0 aliphatic rings. The van der Waals surface area contributed by atoms with Crippen LogP contribution in [0.4, 0.5) is 10.1 Å². The summed E-state index contributed by atoms with van der Waals surface area (Å²) in [6, 6.07) is 10.9. The lowest BCUT2D eigenvalue weighted by Gasteiger charge is -2.21. The molecule has 0 radical (unpaired) electrons. The zero-order valence-electron chi connectivity index (χ0n) is 16.0. The van der Waals surface area contributed by atoms with Gasteiger partial charge in [-0.1, -0.05) is 37.1 Å². The number of unbranched alkanes of at least 4 members (excludes halogenated alkanes) is 1. The number of hydrogen-bond donors (Lipinski definition) is 2. The normalized spacial score (nSPS) is 11.2. The third kappa shape index (κ3) is 5.62. The van der Waals surface area contributed by atoms with Gasteiger partial charge in [-0.2, -0.15) is 0 Å². The monoisotopic (exact) mass is 416 g/mol. The first kappa shape index (κ1) is 21.0. The maximum absolute atomic E-state index is 13.2. The second kappa shape index (κ2) is 9.62. The Labute approximate surface area is 172 Å². The van der Waals surface area contributed by atoms with Crippen LogP contribution >= 0.6 is 11.6 Å². The minimum atomic E-state index is -0.469. The van der Waals surface area contributed by atoms with Crippen molar-refractivity contribution in [3.05, 3.63) is 69.5 Å². The quantitative estimate of drug-likeness (QED) is 0.582. The number of fused-ring (bicyclic) bond motifs is 1. The maximum atomic E-state index is 13.2. The first-order valence-corrected chi connectivity index (χ1v) is 9.79. The Hall–Kier alpha value is -2.77. The van der Waals surface area contributed by atoms with Crippen LogP contribution in [0.15, 0.2) is 47.3 Å². The van der Waals surface area contributed by atoms with Crippen LogP contribution in [0.1, 0.15) is 25.6 Å². The predicted octanol–water partition coefficient (Wildman–Crippen LogP) is 3.96. The van der Waals surface area contributed by atoms with Crippen LogP contribution in [-0.4, -0.2) is 33.9 Å². The summed E-state index contributed by atoms with van der Waals surface area (Å²) in [5.41, 5.74) is 0.763. The number of anilines is 1. The number of aromatic amines is 1. The lowest BCUT2D eigenvalue weighted by Crippen LogP contribution is -2.34. The van der Waals surface area contributed by atoms with E-state index >= 15 is 0 Å². The molecule has 0 spiro atoms. The van der Waals surface area contributed by atoms with Crippen LogP contribution in [0, 0.1) is 5.82 Å². The van der Waals surface area contributed by atoms with Crippen molar-refractivity contribution >= 4 is 34.1 Å². The number of para-hydroxylation sites is 1. The summed E-state index contributed by atoms with van der Waals surface area (Å²) in [5, 5.41) is 3.37. The number of H-pyrrole nitrogens is 1. The van der Waals surface area contributed by atoms with E-state index in [-0.39, 0.29) is 23.0 Å². The van der Waals surface area contributed by atoms with Crippen molar-refractivity contribution in [2.75, 3.05) is 18.4 Å². The van der Waals surface area contributed by atoms with Crippen LogP contribution in [-0.2, 0) is 11.3 Å². The van der Waals surface area contributed by atoms with Gasteiger partial charge in [0.15, 0.2) is 0 Å². The van der Waals surface area contributed by atoms with E-state index in [0.29, 0.717) is 35.5 Å². The lowest BCUT2D eigenvalue weighted by atomic mass is 10.2. The molecule has 8 heteroatoms. The standard InChI is InChI=1S/C21H22ClFN4O2/c1-2-3-10-27(13-20(28)25-18-9-8-14(23)11-16(18)22)12-19-24-17-7-5-4-6-15(17)21(29)26-19/h4-9,11H,2-3,10,12-13H2,1H3,(H,25,28)(H,24,26,29). The molecular formula is C21H22ClFN4O2. The molecular weight excluding hydrogens is 395 g/mol. The molecule has 6 nitrogen and oxygen atoms in total. The van der Waals surface area contributed by atoms with E-state index in [9.17, 15) is 14.0 Å².